The third kappa shape index (κ3) is 3.73. The van der Waals surface area contributed by atoms with Crippen LogP contribution in [0, 0.1) is 6.92 Å². The molecule has 1 fully saturated rings. The molecule has 0 spiro atoms. The average Bonchev–Trinajstić information content (AvgIpc) is 2.56. The summed E-state index contributed by atoms with van der Waals surface area (Å²) in [7, 11) is 0. The number of nitrogens with zero attached hydrogens (tertiary/aromatic N) is 2. The number of hydrogen-bond donors (Lipinski definition) is 1. The summed E-state index contributed by atoms with van der Waals surface area (Å²) in [4.78, 5) is 0. The molecule has 108 valence electrons. The van der Waals surface area contributed by atoms with Gasteiger partial charge in [0, 0.05) is 24.5 Å². The summed E-state index contributed by atoms with van der Waals surface area (Å²) in [6.45, 7) is 5.90. The van der Waals surface area contributed by atoms with Gasteiger partial charge in [-0.25, -0.2) is 0 Å². The van der Waals surface area contributed by atoms with Gasteiger partial charge in [-0.15, -0.1) is 11.6 Å². The maximum Gasteiger partial charge on any atom is 0.0739 e. The molecule has 1 aliphatic rings. The molecule has 3 nitrogen and oxygen atoms in total. The summed E-state index contributed by atoms with van der Waals surface area (Å²) in [5.74, 6) is 0. The zero-order valence-corrected chi connectivity index (χ0v) is 14.1. The summed E-state index contributed by atoms with van der Waals surface area (Å²) >= 11 is 10.1. The van der Waals surface area contributed by atoms with E-state index in [1.807, 2.05) is 6.92 Å². The van der Waals surface area contributed by atoms with Crippen molar-refractivity contribution in [1.29, 1.82) is 0 Å². The monoisotopic (exact) mass is 347 g/mol. The summed E-state index contributed by atoms with van der Waals surface area (Å²) in [6, 6.07) is 0.427. The van der Waals surface area contributed by atoms with Crippen molar-refractivity contribution in [2.75, 3.05) is 0 Å². The van der Waals surface area contributed by atoms with E-state index in [2.05, 4.69) is 38.0 Å². The fourth-order valence-electron chi connectivity index (χ4n) is 2.76. The maximum atomic E-state index is 6.48. The summed E-state index contributed by atoms with van der Waals surface area (Å²) in [6.07, 6.45) is 6.19. The number of hydrogen-bond acceptors (Lipinski definition) is 2. The lowest BCUT2D eigenvalue weighted by Crippen LogP contribution is -2.36. The van der Waals surface area contributed by atoms with Crippen LogP contribution in [-0.4, -0.2) is 21.2 Å². The van der Waals surface area contributed by atoms with E-state index in [9.17, 15) is 0 Å². The van der Waals surface area contributed by atoms with Crippen LogP contribution in [0.15, 0.2) is 4.47 Å². The van der Waals surface area contributed by atoms with Crippen LogP contribution in [0.4, 0.5) is 0 Å². The van der Waals surface area contributed by atoms with Gasteiger partial charge in [-0.3, -0.25) is 4.68 Å². The highest BCUT2D eigenvalue weighted by atomic mass is 79.9. The van der Waals surface area contributed by atoms with Gasteiger partial charge in [-0.1, -0.05) is 19.3 Å². The van der Waals surface area contributed by atoms with Crippen LogP contribution in [-0.2, 0) is 13.1 Å². The zero-order chi connectivity index (χ0) is 13.8. The lowest BCUT2D eigenvalue weighted by molar-refractivity contribution is 0.450. The highest BCUT2D eigenvalue weighted by Gasteiger charge is 2.22. The molecule has 1 saturated carbocycles. The van der Waals surface area contributed by atoms with Crippen molar-refractivity contribution < 1.29 is 0 Å². The maximum absolute atomic E-state index is 6.48. The Labute approximate surface area is 129 Å². The first-order chi connectivity index (χ1) is 9.13. The highest BCUT2D eigenvalue weighted by molar-refractivity contribution is 9.10. The van der Waals surface area contributed by atoms with Crippen molar-refractivity contribution in [2.24, 2.45) is 0 Å². The summed E-state index contributed by atoms with van der Waals surface area (Å²) in [5, 5.41) is 8.42. The van der Waals surface area contributed by atoms with Gasteiger partial charge in [0.05, 0.1) is 15.9 Å². The van der Waals surface area contributed by atoms with Crippen molar-refractivity contribution >= 4 is 27.5 Å². The van der Waals surface area contributed by atoms with E-state index in [4.69, 9.17) is 11.6 Å². The summed E-state index contributed by atoms with van der Waals surface area (Å²) < 4.78 is 3.19. The molecule has 1 N–H and O–H groups in total. The van der Waals surface area contributed by atoms with Crippen LogP contribution in [0.3, 0.4) is 0 Å². The topological polar surface area (TPSA) is 29.9 Å². The minimum absolute atomic E-state index is 0.264. The number of aromatic nitrogens is 2. The van der Waals surface area contributed by atoms with Gasteiger partial charge < -0.3 is 5.32 Å². The second kappa shape index (κ2) is 7.09. The van der Waals surface area contributed by atoms with Gasteiger partial charge in [0.25, 0.3) is 0 Å². The van der Waals surface area contributed by atoms with Crippen molar-refractivity contribution in [2.45, 2.75) is 70.5 Å². The van der Waals surface area contributed by atoms with E-state index in [1.165, 1.54) is 31.4 Å². The molecule has 2 unspecified atom stereocenters. The Morgan fingerprint density at radius 2 is 2.11 bits per heavy atom. The molecule has 0 saturated heterocycles. The molecule has 0 amide bonds. The van der Waals surface area contributed by atoms with E-state index < -0.39 is 0 Å². The predicted octanol–water partition coefficient (Wildman–Crippen LogP) is 4.00. The van der Waals surface area contributed by atoms with Crippen LogP contribution in [0.2, 0.25) is 0 Å². The smallest absolute Gasteiger partial charge is 0.0739 e. The molecule has 2 atom stereocenters. The van der Waals surface area contributed by atoms with Gasteiger partial charge in [-0.05, 0) is 42.6 Å². The Kier molecular flexibility index (Phi) is 5.72. The molecule has 0 radical (unpaired) electrons. The number of halogens is 2. The highest BCUT2D eigenvalue weighted by Crippen LogP contribution is 2.24. The molecule has 1 aromatic heterocycles. The van der Waals surface area contributed by atoms with Gasteiger partial charge in [0.2, 0.25) is 0 Å². The molecular weight excluding hydrogens is 326 g/mol. The van der Waals surface area contributed by atoms with Gasteiger partial charge in [0.15, 0.2) is 0 Å². The molecular formula is C14H23BrClN3. The lowest BCUT2D eigenvalue weighted by atomic mass is 10.1. The van der Waals surface area contributed by atoms with Crippen LogP contribution in [0.1, 0.15) is 50.4 Å². The van der Waals surface area contributed by atoms with Crippen molar-refractivity contribution in [3.05, 3.63) is 15.9 Å². The first kappa shape index (κ1) is 15.3. The predicted molar refractivity (Wildman–Crippen MR) is 83.7 cm³/mol. The molecule has 5 heteroatoms. The van der Waals surface area contributed by atoms with Crippen molar-refractivity contribution in [3.8, 4) is 0 Å². The molecule has 1 heterocycles. The Hall–Kier alpha value is -0.0600. The number of aryl methyl sites for hydroxylation is 2. The van der Waals surface area contributed by atoms with Crippen LogP contribution in [0.25, 0.3) is 0 Å². The molecule has 19 heavy (non-hydrogen) atoms. The first-order valence-electron chi connectivity index (χ1n) is 7.22. The third-order valence-electron chi connectivity index (χ3n) is 3.92. The Bertz CT molecular complexity index is 419. The normalized spacial score (nSPS) is 24.4. The van der Waals surface area contributed by atoms with Crippen molar-refractivity contribution in [1.82, 2.24) is 15.1 Å². The zero-order valence-electron chi connectivity index (χ0n) is 11.8. The minimum Gasteiger partial charge on any atom is -0.307 e. The SMILES string of the molecule is CCn1nc(C)c(Br)c1CNC1CCCCCC1Cl. The van der Waals surface area contributed by atoms with Gasteiger partial charge in [-0.2, -0.15) is 5.10 Å². The van der Waals surface area contributed by atoms with Gasteiger partial charge >= 0.3 is 0 Å². The molecule has 0 bridgehead atoms. The fraction of sp³-hybridized carbons (Fsp3) is 0.786. The van der Waals surface area contributed by atoms with E-state index >= 15 is 0 Å². The van der Waals surface area contributed by atoms with Gasteiger partial charge in [0.1, 0.15) is 0 Å². The van der Waals surface area contributed by atoms with E-state index in [0.29, 0.717) is 6.04 Å². The summed E-state index contributed by atoms with van der Waals surface area (Å²) in [5.41, 5.74) is 2.29. The fourth-order valence-corrected chi connectivity index (χ4v) is 3.55. The second-order valence-electron chi connectivity index (χ2n) is 5.30. The van der Waals surface area contributed by atoms with Crippen LogP contribution >= 0.6 is 27.5 Å². The molecule has 1 aliphatic carbocycles. The third-order valence-corrected chi connectivity index (χ3v) is 5.47. The number of nitrogens with one attached hydrogen (secondary N) is 1. The lowest BCUT2D eigenvalue weighted by Gasteiger charge is -2.21. The molecule has 1 aromatic rings. The van der Waals surface area contributed by atoms with Crippen LogP contribution < -0.4 is 5.32 Å². The largest absolute Gasteiger partial charge is 0.307 e. The van der Waals surface area contributed by atoms with E-state index in [1.54, 1.807) is 0 Å². The Balaban J connectivity index is 2.01. The molecule has 2 rings (SSSR count). The molecule has 0 aromatic carbocycles. The Morgan fingerprint density at radius 3 is 2.84 bits per heavy atom. The van der Waals surface area contributed by atoms with E-state index in [-0.39, 0.29) is 5.38 Å². The van der Waals surface area contributed by atoms with Crippen molar-refractivity contribution in [3.63, 3.8) is 0 Å². The quantitative estimate of drug-likeness (QED) is 0.658. The number of alkyl halides is 1. The first-order valence-corrected chi connectivity index (χ1v) is 8.45. The molecule has 0 aliphatic heterocycles. The van der Waals surface area contributed by atoms with E-state index in [0.717, 1.165) is 29.7 Å². The van der Waals surface area contributed by atoms with Crippen LogP contribution in [0.5, 0.6) is 0 Å². The second-order valence-corrected chi connectivity index (χ2v) is 6.66. The Morgan fingerprint density at radius 1 is 1.37 bits per heavy atom. The minimum atomic E-state index is 0.264. The number of rotatable bonds is 4. The average molecular weight is 349 g/mol. The standard InChI is InChI=1S/C14H23BrClN3/c1-3-19-13(14(15)10(2)18-19)9-17-12-8-6-4-5-7-11(12)16/h11-12,17H,3-9H2,1-2H3.